The van der Waals surface area contributed by atoms with Crippen molar-refractivity contribution in [1.29, 1.82) is 0 Å². The van der Waals surface area contributed by atoms with Crippen molar-refractivity contribution in [3.63, 3.8) is 0 Å². The lowest BCUT2D eigenvalue weighted by atomic mass is 9.53. The minimum absolute atomic E-state index is 0.0740. The van der Waals surface area contributed by atoms with Gasteiger partial charge in [0.2, 0.25) is 5.91 Å². The zero-order valence-electron chi connectivity index (χ0n) is 13.5. The summed E-state index contributed by atoms with van der Waals surface area (Å²) < 4.78 is 0. The third-order valence-corrected chi connectivity index (χ3v) is 6.79. The van der Waals surface area contributed by atoms with Crippen LogP contribution in [0.5, 0.6) is 0 Å². The first kappa shape index (κ1) is 14.4. The van der Waals surface area contributed by atoms with E-state index in [9.17, 15) is 9.59 Å². The van der Waals surface area contributed by atoms with Crippen LogP contribution in [0.1, 0.15) is 38.5 Å². The fourth-order valence-electron chi connectivity index (χ4n) is 5.74. The van der Waals surface area contributed by atoms with Crippen molar-refractivity contribution < 1.29 is 9.59 Å². The number of rotatable bonds is 1. The van der Waals surface area contributed by atoms with Gasteiger partial charge in [0.25, 0.3) is 0 Å². The highest BCUT2D eigenvalue weighted by Crippen LogP contribution is 2.53. The highest BCUT2D eigenvalue weighted by molar-refractivity contribution is 5.93. The van der Waals surface area contributed by atoms with Gasteiger partial charge in [0.05, 0.1) is 0 Å². The first-order valence-corrected chi connectivity index (χ1v) is 8.82. The van der Waals surface area contributed by atoms with Crippen LogP contribution in [0.4, 0.5) is 0 Å². The summed E-state index contributed by atoms with van der Waals surface area (Å²) in [7, 11) is 3.89. The van der Waals surface area contributed by atoms with E-state index in [0.717, 1.165) is 25.7 Å². The van der Waals surface area contributed by atoms with Gasteiger partial charge < -0.3 is 10.2 Å². The van der Waals surface area contributed by atoms with Gasteiger partial charge >= 0.3 is 0 Å². The van der Waals surface area contributed by atoms with Gasteiger partial charge in [0, 0.05) is 43.0 Å². The van der Waals surface area contributed by atoms with E-state index < -0.39 is 0 Å². The molecule has 4 rings (SSSR count). The smallest absolute Gasteiger partial charge is 0.246 e. The Balaban J connectivity index is 1.82. The van der Waals surface area contributed by atoms with Crippen LogP contribution in [0.2, 0.25) is 0 Å². The predicted octanol–water partition coefficient (Wildman–Crippen LogP) is 1.76. The van der Waals surface area contributed by atoms with E-state index in [1.807, 2.05) is 25.1 Å². The second-order valence-electron chi connectivity index (χ2n) is 7.58. The Morgan fingerprint density at radius 1 is 1.05 bits per heavy atom. The van der Waals surface area contributed by atoms with Crippen LogP contribution in [0.3, 0.4) is 0 Å². The van der Waals surface area contributed by atoms with E-state index in [1.54, 1.807) is 0 Å². The largest absolute Gasteiger partial charge is 0.339 e. The summed E-state index contributed by atoms with van der Waals surface area (Å²) in [5.74, 6) is 1.49. The number of hydrogen-bond acceptors (Lipinski definition) is 3. The first-order chi connectivity index (χ1) is 10.6. The minimum Gasteiger partial charge on any atom is -0.339 e. The third kappa shape index (κ3) is 1.86. The lowest BCUT2D eigenvalue weighted by Crippen LogP contribution is -2.62. The Bertz CT molecular complexity index is 541. The molecule has 0 aromatic rings. The SMILES string of the molecule is CNC1CCC2C3C(=CC(=O)N2C)C2CCCCC2C(=O)C13. The predicted molar refractivity (Wildman–Crippen MR) is 84.2 cm³/mol. The molecule has 0 saturated heterocycles. The van der Waals surface area contributed by atoms with Crippen molar-refractivity contribution in [2.45, 2.75) is 50.6 Å². The number of nitrogens with zero attached hydrogens (tertiary/aromatic N) is 1. The summed E-state index contributed by atoms with van der Waals surface area (Å²) in [6.07, 6.45) is 8.38. The molecule has 1 heterocycles. The zero-order valence-corrected chi connectivity index (χ0v) is 13.5. The Labute approximate surface area is 132 Å². The van der Waals surface area contributed by atoms with Crippen molar-refractivity contribution >= 4 is 11.7 Å². The van der Waals surface area contributed by atoms with Gasteiger partial charge in [-0.25, -0.2) is 0 Å². The van der Waals surface area contributed by atoms with Crippen LogP contribution < -0.4 is 5.32 Å². The molecule has 3 aliphatic carbocycles. The van der Waals surface area contributed by atoms with Crippen molar-refractivity contribution in [3.8, 4) is 0 Å². The monoisotopic (exact) mass is 302 g/mol. The lowest BCUT2D eigenvalue weighted by molar-refractivity contribution is -0.143. The number of carbonyl (C=O) groups is 2. The van der Waals surface area contributed by atoms with Gasteiger partial charge in [0.15, 0.2) is 0 Å². The van der Waals surface area contributed by atoms with Gasteiger partial charge in [-0.1, -0.05) is 18.4 Å². The standard InChI is InChI=1S/C18H26N2O2/c1-19-13-7-8-14-16-12(9-15(21)20(14)2)10-5-3-4-6-11(10)18(22)17(13)16/h9-11,13-14,16-17,19H,3-8H2,1-2H3. The zero-order chi connectivity index (χ0) is 15.4. The van der Waals surface area contributed by atoms with Gasteiger partial charge in [-0.15, -0.1) is 0 Å². The summed E-state index contributed by atoms with van der Waals surface area (Å²) >= 11 is 0. The molecule has 4 aliphatic rings. The molecule has 1 N–H and O–H groups in total. The lowest BCUT2D eigenvalue weighted by Gasteiger charge is -2.55. The number of fused-ring (bicyclic) bond motifs is 2. The first-order valence-electron chi connectivity index (χ1n) is 8.82. The molecule has 4 nitrogen and oxygen atoms in total. The quantitative estimate of drug-likeness (QED) is 0.803. The molecule has 4 heteroatoms. The molecule has 0 radical (unpaired) electrons. The number of amides is 1. The minimum atomic E-state index is 0.0740. The Hall–Kier alpha value is -1.16. The molecular formula is C18H26N2O2. The van der Waals surface area contributed by atoms with E-state index >= 15 is 0 Å². The Morgan fingerprint density at radius 2 is 1.77 bits per heavy atom. The molecule has 0 aromatic heterocycles. The van der Waals surface area contributed by atoms with Gasteiger partial charge in [0.1, 0.15) is 5.78 Å². The number of Topliss-reactive ketones (excluding diaryl/α,β-unsaturated/α-hetero) is 1. The second kappa shape index (κ2) is 5.19. The van der Waals surface area contributed by atoms with Crippen LogP contribution in [0, 0.1) is 23.7 Å². The highest BCUT2D eigenvalue weighted by atomic mass is 16.2. The molecule has 0 bridgehead atoms. The molecule has 6 atom stereocenters. The van der Waals surface area contributed by atoms with Crippen LogP contribution in [-0.2, 0) is 9.59 Å². The molecule has 1 aliphatic heterocycles. The third-order valence-electron chi connectivity index (χ3n) is 6.79. The van der Waals surface area contributed by atoms with E-state index in [0.29, 0.717) is 11.7 Å². The number of likely N-dealkylation sites (N-methyl/N-ethyl adjacent to an activating group) is 1. The molecular weight excluding hydrogens is 276 g/mol. The van der Waals surface area contributed by atoms with Crippen LogP contribution in [-0.4, -0.2) is 42.8 Å². The molecule has 6 unspecified atom stereocenters. The van der Waals surface area contributed by atoms with Crippen LogP contribution in [0.25, 0.3) is 0 Å². The average molecular weight is 302 g/mol. The van der Waals surface area contributed by atoms with Gasteiger partial charge in [-0.05, 0) is 38.6 Å². The molecule has 1 amide bonds. The number of nitrogens with one attached hydrogen (secondary N) is 1. The maximum atomic E-state index is 13.2. The normalized spacial score (nSPS) is 44.3. The summed E-state index contributed by atoms with van der Waals surface area (Å²) in [6, 6.07) is 0.510. The topological polar surface area (TPSA) is 49.4 Å². The molecule has 0 spiro atoms. The molecule has 0 aromatic carbocycles. The number of carbonyl (C=O) groups excluding carboxylic acids is 2. The summed E-state index contributed by atoms with van der Waals surface area (Å²) in [5, 5.41) is 3.39. The van der Waals surface area contributed by atoms with Crippen molar-refractivity contribution in [1.82, 2.24) is 10.2 Å². The fraction of sp³-hybridized carbons (Fsp3) is 0.778. The van der Waals surface area contributed by atoms with Crippen molar-refractivity contribution in [2.75, 3.05) is 14.1 Å². The average Bonchev–Trinajstić information content (AvgIpc) is 2.55. The number of hydrogen-bond donors (Lipinski definition) is 1. The molecule has 3 saturated carbocycles. The van der Waals surface area contributed by atoms with Crippen LogP contribution in [0.15, 0.2) is 11.6 Å². The van der Waals surface area contributed by atoms with E-state index in [1.165, 1.54) is 18.4 Å². The van der Waals surface area contributed by atoms with Crippen LogP contribution >= 0.6 is 0 Å². The van der Waals surface area contributed by atoms with Crippen molar-refractivity contribution in [3.05, 3.63) is 11.6 Å². The highest BCUT2D eigenvalue weighted by Gasteiger charge is 2.56. The molecule has 22 heavy (non-hydrogen) atoms. The Kier molecular flexibility index (Phi) is 3.40. The Morgan fingerprint density at radius 3 is 2.50 bits per heavy atom. The fourth-order valence-corrected chi connectivity index (χ4v) is 5.74. The number of ketones is 1. The molecule has 3 fully saturated rings. The van der Waals surface area contributed by atoms with E-state index in [4.69, 9.17) is 0 Å². The second-order valence-corrected chi connectivity index (χ2v) is 7.58. The van der Waals surface area contributed by atoms with Gasteiger partial charge in [-0.3, -0.25) is 9.59 Å². The maximum absolute atomic E-state index is 13.2. The summed E-state index contributed by atoms with van der Waals surface area (Å²) in [6.45, 7) is 0. The summed E-state index contributed by atoms with van der Waals surface area (Å²) in [4.78, 5) is 27.5. The van der Waals surface area contributed by atoms with E-state index in [-0.39, 0.29) is 35.7 Å². The van der Waals surface area contributed by atoms with Gasteiger partial charge in [-0.2, -0.15) is 0 Å². The molecule has 120 valence electrons. The van der Waals surface area contributed by atoms with Crippen molar-refractivity contribution in [2.24, 2.45) is 23.7 Å². The maximum Gasteiger partial charge on any atom is 0.246 e. The summed E-state index contributed by atoms with van der Waals surface area (Å²) in [5.41, 5.74) is 1.32. The van der Waals surface area contributed by atoms with E-state index in [2.05, 4.69) is 5.32 Å².